The Labute approximate surface area is 120 Å². The predicted molar refractivity (Wildman–Crippen MR) is 77.6 cm³/mol. The third kappa shape index (κ3) is 3.76. The minimum absolute atomic E-state index is 0.134. The average molecular weight is 282 g/mol. The molecule has 4 heteroatoms. The number of rotatable bonds is 5. The van der Waals surface area contributed by atoms with Crippen LogP contribution >= 0.6 is 0 Å². The highest BCUT2D eigenvalue weighted by Gasteiger charge is 2.20. The van der Waals surface area contributed by atoms with Gasteiger partial charge < -0.3 is 10.2 Å². The third-order valence-corrected chi connectivity index (χ3v) is 4.32. The van der Waals surface area contributed by atoms with Crippen molar-refractivity contribution in [3.63, 3.8) is 0 Å². The van der Waals surface area contributed by atoms with E-state index in [2.05, 4.69) is 17.1 Å². The standard InChI is InChI=1S/C16H24F2N2/c1-12-6-9-20(10-7-12)11-8-15(19-2)13-4-3-5-14(17)16(13)18/h3-5,12,15,19H,6-11H2,1-2H3. The summed E-state index contributed by atoms with van der Waals surface area (Å²) in [5, 5.41) is 3.10. The average Bonchev–Trinajstić information content (AvgIpc) is 2.45. The highest BCUT2D eigenvalue weighted by atomic mass is 19.2. The topological polar surface area (TPSA) is 15.3 Å². The number of benzene rings is 1. The highest BCUT2D eigenvalue weighted by Crippen LogP contribution is 2.23. The lowest BCUT2D eigenvalue weighted by Crippen LogP contribution is -2.35. The van der Waals surface area contributed by atoms with Crippen LogP contribution in [0.2, 0.25) is 0 Å². The van der Waals surface area contributed by atoms with Crippen molar-refractivity contribution in [2.75, 3.05) is 26.7 Å². The maximum atomic E-state index is 13.8. The van der Waals surface area contributed by atoms with Gasteiger partial charge in [-0.15, -0.1) is 0 Å². The van der Waals surface area contributed by atoms with Gasteiger partial charge in [0.2, 0.25) is 0 Å². The summed E-state index contributed by atoms with van der Waals surface area (Å²) in [5.41, 5.74) is 0.429. The molecule has 0 aliphatic carbocycles. The van der Waals surface area contributed by atoms with E-state index in [1.165, 1.54) is 12.8 Å². The fourth-order valence-corrected chi connectivity index (χ4v) is 2.84. The van der Waals surface area contributed by atoms with Gasteiger partial charge in [-0.3, -0.25) is 0 Å². The summed E-state index contributed by atoms with van der Waals surface area (Å²) in [4.78, 5) is 2.42. The van der Waals surface area contributed by atoms with Crippen molar-refractivity contribution < 1.29 is 8.78 Å². The van der Waals surface area contributed by atoms with E-state index >= 15 is 0 Å². The number of nitrogens with zero attached hydrogens (tertiary/aromatic N) is 1. The van der Waals surface area contributed by atoms with Crippen LogP contribution in [-0.4, -0.2) is 31.6 Å². The van der Waals surface area contributed by atoms with Gasteiger partial charge in [-0.2, -0.15) is 0 Å². The van der Waals surface area contributed by atoms with Crippen LogP contribution in [0.4, 0.5) is 8.78 Å². The molecule has 0 aromatic heterocycles. The molecule has 1 aliphatic heterocycles. The molecule has 1 atom stereocenters. The summed E-state index contributed by atoms with van der Waals surface area (Å²) in [5.74, 6) is -0.680. The van der Waals surface area contributed by atoms with E-state index in [4.69, 9.17) is 0 Å². The van der Waals surface area contributed by atoms with Crippen molar-refractivity contribution in [3.05, 3.63) is 35.4 Å². The second-order valence-electron chi connectivity index (χ2n) is 5.80. The first-order valence-electron chi connectivity index (χ1n) is 7.45. The Hall–Kier alpha value is -1.00. The smallest absolute Gasteiger partial charge is 0.163 e. The maximum Gasteiger partial charge on any atom is 0.163 e. The van der Waals surface area contributed by atoms with Gasteiger partial charge in [0.25, 0.3) is 0 Å². The van der Waals surface area contributed by atoms with Crippen LogP contribution < -0.4 is 5.32 Å². The SMILES string of the molecule is CNC(CCN1CCC(C)CC1)c1cccc(F)c1F. The molecule has 112 valence electrons. The molecule has 0 saturated carbocycles. The lowest BCUT2D eigenvalue weighted by Gasteiger charge is -2.31. The van der Waals surface area contributed by atoms with Crippen molar-refractivity contribution in [2.24, 2.45) is 5.92 Å². The zero-order chi connectivity index (χ0) is 14.5. The number of hydrogen-bond donors (Lipinski definition) is 1. The van der Waals surface area contributed by atoms with Gasteiger partial charge in [0, 0.05) is 11.6 Å². The van der Waals surface area contributed by atoms with E-state index in [9.17, 15) is 8.78 Å². The Morgan fingerprint density at radius 1 is 1.30 bits per heavy atom. The molecule has 1 N–H and O–H groups in total. The van der Waals surface area contributed by atoms with Gasteiger partial charge in [0.15, 0.2) is 11.6 Å². The molecule has 1 aromatic carbocycles. The lowest BCUT2D eigenvalue weighted by atomic mass is 9.98. The van der Waals surface area contributed by atoms with E-state index in [1.807, 2.05) is 0 Å². The Kier molecular flexibility index (Phi) is 5.49. The molecule has 1 aliphatic rings. The molecule has 1 saturated heterocycles. The van der Waals surface area contributed by atoms with Gasteiger partial charge in [-0.05, 0) is 57.9 Å². The minimum Gasteiger partial charge on any atom is -0.313 e. The van der Waals surface area contributed by atoms with Crippen LogP contribution in [0.15, 0.2) is 18.2 Å². The van der Waals surface area contributed by atoms with Crippen molar-refractivity contribution >= 4 is 0 Å². The van der Waals surface area contributed by atoms with Gasteiger partial charge in [0.05, 0.1) is 0 Å². The lowest BCUT2D eigenvalue weighted by molar-refractivity contribution is 0.184. The Balaban J connectivity index is 1.94. The Morgan fingerprint density at radius 3 is 2.65 bits per heavy atom. The fourth-order valence-electron chi connectivity index (χ4n) is 2.84. The van der Waals surface area contributed by atoms with Gasteiger partial charge in [-0.25, -0.2) is 8.78 Å². The van der Waals surface area contributed by atoms with E-state index in [0.717, 1.165) is 38.0 Å². The van der Waals surface area contributed by atoms with Crippen molar-refractivity contribution in [1.29, 1.82) is 0 Å². The van der Waals surface area contributed by atoms with Gasteiger partial charge >= 0.3 is 0 Å². The third-order valence-electron chi connectivity index (χ3n) is 4.32. The maximum absolute atomic E-state index is 13.8. The Bertz CT molecular complexity index is 428. The summed E-state index contributed by atoms with van der Waals surface area (Å²) >= 11 is 0. The molecule has 0 spiro atoms. The second kappa shape index (κ2) is 7.14. The molecule has 20 heavy (non-hydrogen) atoms. The van der Waals surface area contributed by atoms with Gasteiger partial charge in [-0.1, -0.05) is 19.1 Å². The molecule has 1 fully saturated rings. The zero-order valence-corrected chi connectivity index (χ0v) is 12.3. The van der Waals surface area contributed by atoms with E-state index in [-0.39, 0.29) is 6.04 Å². The molecule has 1 heterocycles. The molecule has 0 amide bonds. The van der Waals surface area contributed by atoms with Crippen molar-refractivity contribution in [1.82, 2.24) is 10.2 Å². The first-order chi connectivity index (χ1) is 9.61. The molecular formula is C16H24F2N2. The highest BCUT2D eigenvalue weighted by molar-refractivity contribution is 5.22. The summed E-state index contributed by atoms with van der Waals surface area (Å²) in [6.45, 7) is 5.44. The summed E-state index contributed by atoms with van der Waals surface area (Å²) in [6, 6.07) is 4.26. The first-order valence-corrected chi connectivity index (χ1v) is 7.45. The van der Waals surface area contributed by atoms with Crippen LogP contribution in [0.3, 0.4) is 0 Å². The molecule has 2 nitrogen and oxygen atoms in total. The molecular weight excluding hydrogens is 258 g/mol. The number of likely N-dealkylation sites (tertiary alicyclic amines) is 1. The van der Waals surface area contributed by atoms with Crippen molar-refractivity contribution in [2.45, 2.75) is 32.2 Å². The van der Waals surface area contributed by atoms with Crippen LogP contribution in [0, 0.1) is 17.6 Å². The number of hydrogen-bond acceptors (Lipinski definition) is 2. The van der Waals surface area contributed by atoms with Crippen LogP contribution in [0.1, 0.15) is 37.8 Å². The largest absolute Gasteiger partial charge is 0.313 e. The van der Waals surface area contributed by atoms with E-state index in [0.29, 0.717) is 5.56 Å². The van der Waals surface area contributed by atoms with E-state index < -0.39 is 11.6 Å². The number of halogens is 2. The van der Waals surface area contributed by atoms with Crippen molar-refractivity contribution in [3.8, 4) is 0 Å². The van der Waals surface area contributed by atoms with Crippen LogP contribution in [0.25, 0.3) is 0 Å². The normalized spacial score (nSPS) is 19.2. The summed E-state index contributed by atoms with van der Waals surface area (Å²) in [7, 11) is 1.80. The monoisotopic (exact) mass is 282 g/mol. The summed E-state index contributed by atoms with van der Waals surface area (Å²) < 4.78 is 27.1. The van der Waals surface area contributed by atoms with Crippen LogP contribution in [-0.2, 0) is 0 Å². The fraction of sp³-hybridized carbons (Fsp3) is 0.625. The summed E-state index contributed by atoms with van der Waals surface area (Å²) in [6.07, 6.45) is 3.27. The number of nitrogens with one attached hydrogen (secondary N) is 1. The molecule has 0 radical (unpaired) electrons. The minimum atomic E-state index is -0.769. The zero-order valence-electron chi connectivity index (χ0n) is 12.3. The van der Waals surface area contributed by atoms with Gasteiger partial charge in [0.1, 0.15) is 0 Å². The predicted octanol–water partition coefficient (Wildman–Crippen LogP) is 3.35. The molecule has 0 bridgehead atoms. The first kappa shape index (κ1) is 15.4. The molecule has 1 unspecified atom stereocenters. The molecule has 1 aromatic rings. The molecule has 2 rings (SSSR count). The quantitative estimate of drug-likeness (QED) is 0.891. The number of piperidine rings is 1. The Morgan fingerprint density at radius 2 is 2.00 bits per heavy atom. The van der Waals surface area contributed by atoms with Crippen LogP contribution in [0.5, 0.6) is 0 Å². The second-order valence-corrected chi connectivity index (χ2v) is 5.80. The van der Waals surface area contributed by atoms with E-state index in [1.54, 1.807) is 19.2 Å².